The maximum atomic E-state index is 10.2. The van der Waals surface area contributed by atoms with Crippen LogP contribution < -0.4 is 0 Å². The van der Waals surface area contributed by atoms with E-state index in [1.807, 2.05) is 12.4 Å². The van der Waals surface area contributed by atoms with Crippen LogP contribution in [0.15, 0.2) is 48.3 Å². The third kappa shape index (κ3) is 2.54. The summed E-state index contributed by atoms with van der Waals surface area (Å²) in [6, 6.07) is 6.81. The van der Waals surface area contributed by atoms with Crippen LogP contribution in [0.5, 0.6) is 0 Å². The first-order valence-corrected chi connectivity index (χ1v) is 11.8. The molecule has 0 radical (unpaired) electrons. The monoisotopic (exact) mass is 400 g/mol. The van der Waals surface area contributed by atoms with Gasteiger partial charge in [0.1, 0.15) is 0 Å². The molecule has 3 heteroatoms. The van der Waals surface area contributed by atoms with Crippen molar-refractivity contribution >= 4 is 16.3 Å². The molecule has 0 unspecified atom stereocenters. The van der Waals surface area contributed by atoms with Crippen molar-refractivity contribution in [3.63, 3.8) is 0 Å². The van der Waals surface area contributed by atoms with E-state index in [1.165, 1.54) is 36.6 Å². The van der Waals surface area contributed by atoms with Crippen LogP contribution in [-0.4, -0.2) is 21.4 Å². The lowest BCUT2D eigenvalue weighted by atomic mass is 9.47. The SMILES string of the molecule is C[C@]12CC[C@@H](O)CC1=CC[C@@H]1[C@@H]2CC[C@]2(C)C(c3ccc4cnncc4c3)=CC[C@@H]12. The Morgan fingerprint density at radius 1 is 0.900 bits per heavy atom. The number of allylic oxidation sites excluding steroid dienone is 3. The normalized spacial score (nSPS) is 40.2. The van der Waals surface area contributed by atoms with E-state index in [2.05, 4.69) is 54.4 Å². The molecule has 2 saturated carbocycles. The Morgan fingerprint density at radius 2 is 1.70 bits per heavy atom. The standard InChI is InChI=1S/C27H32N2O/c1-26-11-9-21(30)14-20(26)5-6-22-24-8-7-23(27(24,2)12-10-25(22)26)17-3-4-18-15-28-29-16-19(18)13-17/h3-5,7,13,15-16,21-22,24-25,30H,6,8-12,14H2,1-2H3/t21-,22+,24+,25+,26+,27-/m1/s1. The Bertz CT molecular complexity index is 1070. The first kappa shape index (κ1) is 18.7. The summed E-state index contributed by atoms with van der Waals surface area (Å²) in [4.78, 5) is 0. The van der Waals surface area contributed by atoms with Gasteiger partial charge in [-0.05, 0) is 90.7 Å². The van der Waals surface area contributed by atoms with Crippen LogP contribution in [0.3, 0.4) is 0 Å². The maximum Gasteiger partial charge on any atom is 0.0577 e. The number of hydrogen-bond donors (Lipinski definition) is 1. The third-order valence-corrected chi connectivity index (χ3v) is 9.52. The molecule has 0 bridgehead atoms. The lowest BCUT2D eigenvalue weighted by Crippen LogP contribution is -2.49. The average Bonchev–Trinajstić information content (AvgIpc) is 3.11. The van der Waals surface area contributed by atoms with Crippen LogP contribution in [0, 0.1) is 28.6 Å². The Morgan fingerprint density at radius 3 is 2.57 bits per heavy atom. The molecule has 30 heavy (non-hydrogen) atoms. The molecule has 0 spiro atoms. The molecule has 6 atom stereocenters. The van der Waals surface area contributed by atoms with Gasteiger partial charge in [-0.2, -0.15) is 10.2 Å². The molecule has 0 aliphatic heterocycles. The van der Waals surface area contributed by atoms with Gasteiger partial charge in [0.15, 0.2) is 0 Å². The highest BCUT2D eigenvalue weighted by Gasteiger charge is 2.56. The maximum absolute atomic E-state index is 10.2. The van der Waals surface area contributed by atoms with E-state index in [0.29, 0.717) is 5.41 Å². The lowest BCUT2D eigenvalue weighted by Gasteiger charge is -2.57. The predicted molar refractivity (Wildman–Crippen MR) is 121 cm³/mol. The van der Waals surface area contributed by atoms with Gasteiger partial charge in [-0.3, -0.25) is 0 Å². The zero-order valence-electron chi connectivity index (χ0n) is 18.1. The summed E-state index contributed by atoms with van der Waals surface area (Å²) in [5.41, 5.74) is 5.08. The molecule has 2 fully saturated rings. The van der Waals surface area contributed by atoms with Crippen LogP contribution in [0.25, 0.3) is 16.3 Å². The van der Waals surface area contributed by atoms with Crippen molar-refractivity contribution in [3.05, 3.63) is 53.9 Å². The summed E-state index contributed by atoms with van der Waals surface area (Å²) >= 11 is 0. The average molecular weight is 401 g/mol. The van der Waals surface area contributed by atoms with E-state index >= 15 is 0 Å². The molecule has 156 valence electrons. The minimum absolute atomic E-state index is 0.118. The Labute approximate surface area is 179 Å². The minimum atomic E-state index is -0.118. The molecule has 1 aromatic carbocycles. The number of aliphatic hydroxyl groups is 1. The summed E-state index contributed by atoms with van der Waals surface area (Å²) in [6.07, 6.45) is 16.8. The smallest absolute Gasteiger partial charge is 0.0577 e. The van der Waals surface area contributed by atoms with E-state index in [9.17, 15) is 5.11 Å². The molecule has 4 aliphatic carbocycles. The van der Waals surface area contributed by atoms with Gasteiger partial charge in [0.2, 0.25) is 0 Å². The number of rotatable bonds is 1. The van der Waals surface area contributed by atoms with Crippen molar-refractivity contribution in [1.82, 2.24) is 10.2 Å². The first-order valence-electron chi connectivity index (χ1n) is 11.8. The second-order valence-electron chi connectivity index (χ2n) is 10.8. The van der Waals surface area contributed by atoms with E-state index in [1.54, 1.807) is 11.1 Å². The van der Waals surface area contributed by atoms with Crippen molar-refractivity contribution < 1.29 is 5.11 Å². The molecular formula is C27H32N2O. The van der Waals surface area contributed by atoms with Gasteiger partial charge in [0.25, 0.3) is 0 Å². The summed E-state index contributed by atoms with van der Waals surface area (Å²) < 4.78 is 0. The van der Waals surface area contributed by atoms with Crippen LogP contribution in [-0.2, 0) is 0 Å². The van der Waals surface area contributed by atoms with E-state index < -0.39 is 0 Å². The third-order valence-electron chi connectivity index (χ3n) is 9.52. The van der Waals surface area contributed by atoms with Crippen molar-refractivity contribution in [2.24, 2.45) is 28.6 Å². The van der Waals surface area contributed by atoms with Crippen molar-refractivity contribution in [2.45, 2.75) is 64.9 Å². The van der Waals surface area contributed by atoms with Crippen LogP contribution in [0.1, 0.15) is 64.4 Å². The van der Waals surface area contributed by atoms with Crippen molar-refractivity contribution in [3.8, 4) is 0 Å². The molecule has 3 nitrogen and oxygen atoms in total. The van der Waals surface area contributed by atoms with E-state index in [-0.39, 0.29) is 11.5 Å². The molecule has 1 heterocycles. The zero-order chi connectivity index (χ0) is 20.5. The molecule has 4 aliphatic rings. The summed E-state index contributed by atoms with van der Waals surface area (Å²) in [6.45, 7) is 5.05. The Balaban J connectivity index is 1.34. The number of aliphatic hydroxyl groups excluding tert-OH is 1. The highest BCUT2D eigenvalue weighted by Crippen LogP contribution is 2.66. The van der Waals surface area contributed by atoms with Crippen LogP contribution >= 0.6 is 0 Å². The summed E-state index contributed by atoms with van der Waals surface area (Å²) in [5.74, 6) is 2.29. The van der Waals surface area contributed by atoms with E-state index in [4.69, 9.17) is 0 Å². The van der Waals surface area contributed by atoms with Crippen LogP contribution in [0.2, 0.25) is 0 Å². The highest BCUT2D eigenvalue weighted by atomic mass is 16.3. The minimum Gasteiger partial charge on any atom is -0.393 e. The van der Waals surface area contributed by atoms with Gasteiger partial charge in [-0.1, -0.05) is 43.7 Å². The number of benzene rings is 1. The van der Waals surface area contributed by atoms with E-state index in [0.717, 1.165) is 42.4 Å². The molecule has 1 aromatic heterocycles. The van der Waals surface area contributed by atoms with Gasteiger partial charge in [0.05, 0.1) is 18.5 Å². The number of nitrogens with zero attached hydrogens (tertiary/aromatic N) is 2. The molecule has 2 aromatic rings. The molecule has 0 amide bonds. The highest BCUT2D eigenvalue weighted by molar-refractivity contribution is 5.86. The lowest BCUT2D eigenvalue weighted by molar-refractivity contribution is -0.0238. The fraction of sp³-hybridized carbons (Fsp3) is 0.556. The Hall–Kier alpha value is -2.00. The first-order chi connectivity index (χ1) is 14.5. The number of aromatic nitrogens is 2. The molecular weight excluding hydrogens is 368 g/mol. The zero-order valence-corrected chi connectivity index (χ0v) is 18.1. The second-order valence-corrected chi connectivity index (χ2v) is 10.8. The summed E-state index contributed by atoms with van der Waals surface area (Å²) in [5, 5.41) is 20.7. The largest absolute Gasteiger partial charge is 0.393 e. The number of fused-ring (bicyclic) bond motifs is 6. The van der Waals surface area contributed by atoms with Crippen LogP contribution in [0.4, 0.5) is 0 Å². The van der Waals surface area contributed by atoms with Crippen molar-refractivity contribution in [2.75, 3.05) is 0 Å². The van der Waals surface area contributed by atoms with Gasteiger partial charge < -0.3 is 5.11 Å². The molecule has 1 N–H and O–H groups in total. The quantitative estimate of drug-likeness (QED) is 0.602. The Kier molecular flexibility index (Phi) is 4.06. The van der Waals surface area contributed by atoms with Gasteiger partial charge in [0, 0.05) is 10.8 Å². The van der Waals surface area contributed by atoms with Gasteiger partial charge in [-0.25, -0.2) is 0 Å². The fourth-order valence-electron chi connectivity index (χ4n) is 7.82. The number of hydrogen-bond acceptors (Lipinski definition) is 3. The molecule has 0 saturated heterocycles. The molecule has 6 rings (SSSR count). The van der Waals surface area contributed by atoms with Crippen molar-refractivity contribution in [1.29, 1.82) is 0 Å². The second kappa shape index (κ2) is 6.50. The fourth-order valence-corrected chi connectivity index (χ4v) is 7.82. The van der Waals surface area contributed by atoms with Gasteiger partial charge in [-0.15, -0.1) is 0 Å². The summed E-state index contributed by atoms with van der Waals surface area (Å²) in [7, 11) is 0. The predicted octanol–water partition coefficient (Wildman–Crippen LogP) is 5.95. The van der Waals surface area contributed by atoms with Gasteiger partial charge >= 0.3 is 0 Å². The topological polar surface area (TPSA) is 46.0 Å².